The number of hydrogen-bond acceptors (Lipinski definition) is 5. The summed E-state index contributed by atoms with van der Waals surface area (Å²) < 4.78 is 0. The van der Waals surface area contributed by atoms with Gasteiger partial charge in [0.2, 0.25) is 0 Å². The molecule has 3 N–H and O–H groups in total. The predicted octanol–water partition coefficient (Wildman–Crippen LogP) is 0.130. The van der Waals surface area contributed by atoms with Crippen molar-refractivity contribution in [1.82, 2.24) is 10.2 Å². The fourth-order valence-corrected chi connectivity index (χ4v) is 1.65. The summed E-state index contributed by atoms with van der Waals surface area (Å²) in [6.07, 6.45) is 1.60. The Labute approximate surface area is 99.6 Å². The molecule has 2 rings (SSSR count). The first-order chi connectivity index (χ1) is 8.08. The minimum atomic E-state index is -1.46. The average molecular weight is 231 g/mol. The van der Waals surface area contributed by atoms with Crippen LogP contribution in [0.3, 0.4) is 0 Å². The van der Waals surface area contributed by atoms with Gasteiger partial charge in [-0.15, -0.1) is 5.10 Å². The first-order valence-electron chi connectivity index (χ1n) is 5.46. The van der Waals surface area contributed by atoms with Crippen molar-refractivity contribution in [3.05, 3.63) is 24.4 Å². The van der Waals surface area contributed by atoms with Gasteiger partial charge >= 0.3 is 7.12 Å². The Kier molecular flexibility index (Phi) is 3.26. The maximum absolute atomic E-state index is 9.10. The van der Waals surface area contributed by atoms with Gasteiger partial charge in [-0.1, -0.05) is 18.2 Å². The minimum absolute atomic E-state index is 0.262. The lowest BCUT2D eigenvalue weighted by molar-refractivity contribution is 0.426. The third-order valence-corrected chi connectivity index (χ3v) is 2.41. The van der Waals surface area contributed by atoms with Gasteiger partial charge in [0, 0.05) is 16.8 Å². The summed E-state index contributed by atoms with van der Waals surface area (Å²) in [6, 6.07) is 5.43. The lowest BCUT2D eigenvalue weighted by atomic mass is 9.79. The Morgan fingerprint density at radius 2 is 2.06 bits per heavy atom. The van der Waals surface area contributed by atoms with Crippen molar-refractivity contribution in [2.24, 2.45) is 0 Å². The highest BCUT2D eigenvalue weighted by atomic mass is 16.4. The molecule has 0 spiro atoms. The molecule has 0 aliphatic rings. The number of anilines is 1. The summed E-state index contributed by atoms with van der Waals surface area (Å²) >= 11 is 0. The van der Waals surface area contributed by atoms with Crippen molar-refractivity contribution in [3.63, 3.8) is 0 Å². The molecule has 0 fully saturated rings. The zero-order chi connectivity index (χ0) is 12.4. The highest BCUT2D eigenvalue weighted by Crippen LogP contribution is 2.19. The zero-order valence-electron chi connectivity index (χ0n) is 9.75. The SMILES string of the molecule is CC(C)Nc1nncc2cc(B(O)O)ccc12. The van der Waals surface area contributed by atoms with Gasteiger partial charge in [-0.05, 0) is 19.3 Å². The summed E-state index contributed by atoms with van der Waals surface area (Å²) in [4.78, 5) is 0. The first-order valence-corrected chi connectivity index (χ1v) is 5.46. The number of fused-ring (bicyclic) bond motifs is 1. The van der Waals surface area contributed by atoms with E-state index in [9.17, 15) is 0 Å². The molecule has 1 heterocycles. The molecular weight excluding hydrogens is 217 g/mol. The molecule has 0 aliphatic carbocycles. The smallest absolute Gasteiger partial charge is 0.423 e. The molecule has 0 bridgehead atoms. The number of benzene rings is 1. The van der Waals surface area contributed by atoms with Crippen molar-refractivity contribution >= 4 is 29.2 Å². The summed E-state index contributed by atoms with van der Waals surface area (Å²) in [6.45, 7) is 4.04. The summed E-state index contributed by atoms with van der Waals surface area (Å²) in [5.74, 6) is 0.705. The maximum atomic E-state index is 9.10. The van der Waals surface area contributed by atoms with Crippen LogP contribution in [-0.4, -0.2) is 33.4 Å². The summed E-state index contributed by atoms with van der Waals surface area (Å²) in [5.41, 5.74) is 0.445. The first kappa shape index (κ1) is 11.8. The second kappa shape index (κ2) is 4.69. The van der Waals surface area contributed by atoms with Crippen LogP contribution in [0.4, 0.5) is 5.82 Å². The normalized spacial score (nSPS) is 10.9. The van der Waals surface area contributed by atoms with Crippen LogP contribution in [0.5, 0.6) is 0 Å². The van der Waals surface area contributed by atoms with Gasteiger partial charge in [-0.25, -0.2) is 0 Å². The number of aromatic nitrogens is 2. The molecule has 2 aromatic rings. The molecule has 0 aliphatic heterocycles. The van der Waals surface area contributed by atoms with Crippen LogP contribution in [0.15, 0.2) is 24.4 Å². The van der Waals surface area contributed by atoms with Crippen LogP contribution in [-0.2, 0) is 0 Å². The largest absolute Gasteiger partial charge is 0.488 e. The van der Waals surface area contributed by atoms with E-state index in [-0.39, 0.29) is 6.04 Å². The van der Waals surface area contributed by atoms with Gasteiger partial charge in [-0.2, -0.15) is 5.10 Å². The molecule has 0 atom stereocenters. The van der Waals surface area contributed by atoms with Crippen LogP contribution in [0, 0.1) is 0 Å². The third kappa shape index (κ3) is 2.54. The molecule has 0 amide bonds. The number of nitrogens with one attached hydrogen (secondary N) is 1. The van der Waals surface area contributed by atoms with Crippen LogP contribution in [0.25, 0.3) is 10.8 Å². The van der Waals surface area contributed by atoms with Gasteiger partial charge in [0.1, 0.15) is 0 Å². The van der Waals surface area contributed by atoms with Gasteiger partial charge in [0.05, 0.1) is 6.20 Å². The molecule has 0 saturated carbocycles. The Bertz CT molecular complexity index is 531. The van der Waals surface area contributed by atoms with Crippen molar-refractivity contribution in [1.29, 1.82) is 0 Å². The highest BCUT2D eigenvalue weighted by molar-refractivity contribution is 6.58. The van der Waals surface area contributed by atoms with E-state index in [0.717, 1.165) is 10.8 Å². The van der Waals surface area contributed by atoms with Gasteiger partial charge < -0.3 is 15.4 Å². The van der Waals surface area contributed by atoms with Gasteiger partial charge in [-0.3, -0.25) is 0 Å². The quantitative estimate of drug-likeness (QED) is 0.654. The Hall–Kier alpha value is -1.66. The topological polar surface area (TPSA) is 78.3 Å². The van der Waals surface area contributed by atoms with Crippen LogP contribution >= 0.6 is 0 Å². The van der Waals surface area contributed by atoms with E-state index >= 15 is 0 Å². The van der Waals surface area contributed by atoms with Crippen molar-refractivity contribution in [3.8, 4) is 0 Å². The van der Waals surface area contributed by atoms with Crippen LogP contribution in [0.2, 0.25) is 0 Å². The molecule has 0 radical (unpaired) electrons. The van der Waals surface area contributed by atoms with E-state index in [0.29, 0.717) is 11.3 Å². The predicted molar refractivity (Wildman–Crippen MR) is 68.1 cm³/mol. The fourth-order valence-electron chi connectivity index (χ4n) is 1.65. The van der Waals surface area contributed by atoms with Gasteiger partial charge in [0.15, 0.2) is 5.82 Å². The molecule has 0 unspecified atom stereocenters. The molecule has 88 valence electrons. The molecular formula is C11H14BN3O2. The number of rotatable bonds is 3. The molecule has 0 saturated heterocycles. The molecule has 17 heavy (non-hydrogen) atoms. The van der Waals surface area contributed by atoms with E-state index in [2.05, 4.69) is 15.5 Å². The Morgan fingerprint density at radius 1 is 1.29 bits per heavy atom. The van der Waals surface area contributed by atoms with E-state index in [4.69, 9.17) is 10.0 Å². The average Bonchev–Trinajstić information content (AvgIpc) is 2.28. The standard InChI is InChI=1S/C11H14BN3O2/c1-7(2)14-11-10-4-3-9(12(16)17)5-8(10)6-13-15-11/h3-7,16-17H,1-2H3,(H,14,15). The zero-order valence-corrected chi connectivity index (χ0v) is 9.75. The lowest BCUT2D eigenvalue weighted by Gasteiger charge is -2.11. The lowest BCUT2D eigenvalue weighted by Crippen LogP contribution is -2.29. The number of nitrogens with zero attached hydrogens (tertiary/aromatic N) is 2. The van der Waals surface area contributed by atoms with E-state index in [1.807, 2.05) is 19.9 Å². The minimum Gasteiger partial charge on any atom is -0.423 e. The fraction of sp³-hybridized carbons (Fsp3) is 0.273. The monoisotopic (exact) mass is 231 g/mol. The van der Waals surface area contributed by atoms with Crippen LogP contribution in [0.1, 0.15) is 13.8 Å². The number of hydrogen-bond donors (Lipinski definition) is 3. The summed E-state index contributed by atoms with van der Waals surface area (Å²) in [5, 5.41) is 31.1. The third-order valence-electron chi connectivity index (χ3n) is 2.41. The molecule has 1 aromatic heterocycles. The Balaban J connectivity index is 2.51. The molecule has 5 nitrogen and oxygen atoms in total. The van der Waals surface area contributed by atoms with E-state index < -0.39 is 7.12 Å². The van der Waals surface area contributed by atoms with E-state index in [1.54, 1.807) is 18.3 Å². The van der Waals surface area contributed by atoms with Crippen molar-refractivity contribution in [2.75, 3.05) is 5.32 Å². The van der Waals surface area contributed by atoms with Crippen molar-refractivity contribution < 1.29 is 10.0 Å². The van der Waals surface area contributed by atoms with E-state index in [1.165, 1.54) is 0 Å². The maximum Gasteiger partial charge on any atom is 0.488 e. The van der Waals surface area contributed by atoms with Crippen molar-refractivity contribution in [2.45, 2.75) is 19.9 Å². The van der Waals surface area contributed by atoms with Crippen LogP contribution < -0.4 is 10.8 Å². The molecule has 6 heteroatoms. The summed E-state index contributed by atoms with van der Waals surface area (Å²) in [7, 11) is -1.46. The highest BCUT2D eigenvalue weighted by Gasteiger charge is 2.12. The second-order valence-corrected chi connectivity index (χ2v) is 4.21. The Morgan fingerprint density at radius 3 is 2.71 bits per heavy atom. The second-order valence-electron chi connectivity index (χ2n) is 4.21. The van der Waals surface area contributed by atoms with Gasteiger partial charge in [0.25, 0.3) is 0 Å². The molecule has 1 aromatic carbocycles.